The third-order valence-corrected chi connectivity index (χ3v) is 4.31. The molecule has 0 aliphatic rings. The first-order valence-electron chi connectivity index (χ1n) is 7.52. The van der Waals surface area contributed by atoms with Crippen LogP contribution in [0.5, 0.6) is 0 Å². The fourth-order valence-electron chi connectivity index (χ4n) is 2.08. The number of carbonyl (C=O) groups is 1. The highest BCUT2D eigenvalue weighted by Gasteiger charge is 2.07. The van der Waals surface area contributed by atoms with Gasteiger partial charge in [0.25, 0.3) is 0 Å². The van der Waals surface area contributed by atoms with E-state index in [2.05, 4.69) is 36.5 Å². The standard InChI is InChI=1S/C17H22N2O2S/c1-3-6-15-9-16(21-19-15)10-18-17(20)12-22-11-14-8-5-4-7-13(14)2/h4-5,7-9H,3,6,10-12H2,1-2H3,(H,18,20). The van der Waals surface area contributed by atoms with Gasteiger partial charge in [0.1, 0.15) is 0 Å². The van der Waals surface area contributed by atoms with Crippen LogP contribution in [0.2, 0.25) is 0 Å². The van der Waals surface area contributed by atoms with Crippen molar-refractivity contribution >= 4 is 17.7 Å². The first-order valence-corrected chi connectivity index (χ1v) is 8.68. The molecule has 0 fully saturated rings. The molecule has 1 aromatic heterocycles. The fourth-order valence-corrected chi connectivity index (χ4v) is 3.01. The number of aromatic nitrogens is 1. The van der Waals surface area contributed by atoms with E-state index in [0.717, 1.165) is 24.3 Å². The van der Waals surface area contributed by atoms with Gasteiger partial charge in [0.2, 0.25) is 5.91 Å². The van der Waals surface area contributed by atoms with E-state index in [1.54, 1.807) is 11.8 Å². The number of hydrogen-bond donors (Lipinski definition) is 1. The average molecular weight is 318 g/mol. The molecule has 0 bridgehead atoms. The molecule has 5 heteroatoms. The SMILES string of the molecule is CCCc1cc(CNC(=O)CSCc2ccccc2C)on1. The zero-order chi connectivity index (χ0) is 15.8. The Bertz CT molecular complexity index is 610. The van der Waals surface area contributed by atoms with E-state index in [-0.39, 0.29) is 5.91 Å². The maximum Gasteiger partial charge on any atom is 0.230 e. The monoisotopic (exact) mass is 318 g/mol. The molecular formula is C17H22N2O2S. The first kappa shape index (κ1) is 16.6. The zero-order valence-corrected chi connectivity index (χ0v) is 13.9. The van der Waals surface area contributed by atoms with Crippen LogP contribution in [0.25, 0.3) is 0 Å². The van der Waals surface area contributed by atoms with Crippen LogP contribution in [0.15, 0.2) is 34.9 Å². The van der Waals surface area contributed by atoms with Crippen molar-refractivity contribution in [2.75, 3.05) is 5.75 Å². The minimum atomic E-state index is 0.0204. The van der Waals surface area contributed by atoms with E-state index in [4.69, 9.17) is 4.52 Å². The summed E-state index contributed by atoms with van der Waals surface area (Å²) in [6, 6.07) is 10.2. The van der Waals surface area contributed by atoms with Gasteiger partial charge in [0.15, 0.2) is 5.76 Å². The van der Waals surface area contributed by atoms with Crippen LogP contribution in [0.4, 0.5) is 0 Å². The minimum Gasteiger partial charge on any atom is -0.359 e. The molecule has 4 nitrogen and oxygen atoms in total. The number of benzene rings is 1. The Kier molecular flexibility index (Phi) is 6.52. The third kappa shape index (κ3) is 5.22. The number of rotatable bonds is 8. The molecule has 0 spiro atoms. The maximum atomic E-state index is 11.8. The molecule has 0 aliphatic heterocycles. The van der Waals surface area contributed by atoms with E-state index in [0.29, 0.717) is 18.1 Å². The predicted molar refractivity (Wildman–Crippen MR) is 89.7 cm³/mol. The molecular weight excluding hydrogens is 296 g/mol. The van der Waals surface area contributed by atoms with Gasteiger partial charge in [0.05, 0.1) is 18.0 Å². The summed E-state index contributed by atoms with van der Waals surface area (Å²) in [5.41, 5.74) is 3.49. The number of nitrogens with one attached hydrogen (secondary N) is 1. The molecule has 1 aromatic carbocycles. The van der Waals surface area contributed by atoms with E-state index < -0.39 is 0 Å². The number of carbonyl (C=O) groups excluding carboxylic acids is 1. The largest absolute Gasteiger partial charge is 0.359 e. The fraction of sp³-hybridized carbons (Fsp3) is 0.412. The average Bonchev–Trinajstić information content (AvgIpc) is 2.95. The quantitative estimate of drug-likeness (QED) is 0.809. The number of amides is 1. The number of aryl methyl sites for hydroxylation is 2. The lowest BCUT2D eigenvalue weighted by atomic mass is 10.1. The van der Waals surface area contributed by atoms with Crippen LogP contribution in [0.3, 0.4) is 0 Å². The van der Waals surface area contributed by atoms with Crippen molar-refractivity contribution in [3.05, 3.63) is 52.9 Å². The van der Waals surface area contributed by atoms with E-state index in [1.165, 1.54) is 11.1 Å². The number of nitrogens with zero attached hydrogens (tertiary/aromatic N) is 1. The Labute approximate surface area is 135 Å². The van der Waals surface area contributed by atoms with Gasteiger partial charge in [-0.25, -0.2) is 0 Å². The molecule has 0 unspecified atom stereocenters. The van der Waals surface area contributed by atoms with Crippen molar-refractivity contribution in [2.24, 2.45) is 0 Å². The van der Waals surface area contributed by atoms with E-state index in [9.17, 15) is 4.79 Å². The molecule has 2 aromatic rings. The van der Waals surface area contributed by atoms with E-state index >= 15 is 0 Å². The van der Waals surface area contributed by atoms with Crippen molar-refractivity contribution in [1.29, 1.82) is 0 Å². The molecule has 2 rings (SSSR count). The summed E-state index contributed by atoms with van der Waals surface area (Å²) in [5.74, 6) is 2.03. The van der Waals surface area contributed by atoms with Crippen molar-refractivity contribution < 1.29 is 9.32 Å². The summed E-state index contributed by atoms with van der Waals surface area (Å²) in [5, 5.41) is 6.83. The molecule has 0 saturated carbocycles. The second-order valence-electron chi connectivity index (χ2n) is 5.23. The van der Waals surface area contributed by atoms with Crippen LogP contribution in [-0.4, -0.2) is 16.8 Å². The van der Waals surface area contributed by atoms with Crippen molar-refractivity contribution in [3.8, 4) is 0 Å². The van der Waals surface area contributed by atoms with Crippen LogP contribution in [0, 0.1) is 6.92 Å². The highest BCUT2D eigenvalue weighted by atomic mass is 32.2. The Hall–Kier alpha value is -1.75. The molecule has 118 valence electrons. The van der Waals surface area contributed by atoms with Gasteiger partial charge in [-0.1, -0.05) is 42.8 Å². The van der Waals surface area contributed by atoms with Crippen LogP contribution in [0.1, 0.15) is 35.9 Å². The van der Waals surface area contributed by atoms with Gasteiger partial charge in [-0.2, -0.15) is 0 Å². The van der Waals surface area contributed by atoms with Crippen molar-refractivity contribution in [1.82, 2.24) is 10.5 Å². The van der Waals surface area contributed by atoms with Crippen LogP contribution >= 0.6 is 11.8 Å². The molecule has 0 radical (unpaired) electrons. The molecule has 0 saturated heterocycles. The Morgan fingerprint density at radius 2 is 2.18 bits per heavy atom. The molecule has 0 atom stereocenters. The predicted octanol–water partition coefficient (Wildman–Crippen LogP) is 3.49. The number of hydrogen-bond acceptors (Lipinski definition) is 4. The smallest absolute Gasteiger partial charge is 0.230 e. The molecule has 0 aliphatic carbocycles. The lowest BCUT2D eigenvalue weighted by Crippen LogP contribution is -2.24. The van der Waals surface area contributed by atoms with Gasteiger partial charge in [0, 0.05) is 11.8 Å². The van der Waals surface area contributed by atoms with Gasteiger partial charge < -0.3 is 9.84 Å². The highest BCUT2D eigenvalue weighted by molar-refractivity contribution is 7.99. The molecule has 1 heterocycles. The normalized spacial score (nSPS) is 10.6. The summed E-state index contributed by atoms with van der Waals surface area (Å²) < 4.78 is 5.19. The topological polar surface area (TPSA) is 55.1 Å². The Balaban J connectivity index is 1.68. The molecule has 1 N–H and O–H groups in total. The summed E-state index contributed by atoms with van der Waals surface area (Å²) >= 11 is 1.62. The van der Waals surface area contributed by atoms with Gasteiger partial charge in [-0.05, 0) is 24.5 Å². The second-order valence-corrected chi connectivity index (χ2v) is 6.22. The lowest BCUT2D eigenvalue weighted by Gasteiger charge is -2.05. The van der Waals surface area contributed by atoms with E-state index in [1.807, 2.05) is 18.2 Å². The number of thioether (sulfide) groups is 1. The molecule has 22 heavy (non-hydrogen) atoms. The van der Waals surface area contributed by atoms with Gasteiger partial charge >= 0.3 is 0 Å². The Morgan fingerprint density at radius 3 is 2.95 bits per heavy atom. The summed E-state index contributed by atoms with van der Waals surface area (Å²) in [6.07, 6.45) is 1.94. The third-order valence-electron chi connectivity index (χ3n) is 3.33. The van der Waals surface area contributed by atoms with Crippen LogP contribution < -0.4 is 5.32 Å². The summed E-state index contributed by atoms with van der Waals surface area (Å²) in [7, 11) is 0. The van der Waals surface area contributed by atoms with Crippen molar-refractivity contribution in [2.45, 2.75) is 39.0 Å². The van der Waals surface area contributed by atoms with Gasteiger partial charge in [-0.15, -0.1) is 11.8 Å². The minimum absolute atomic E-state index is 0.0204. The van der Waals surface area contributed by atoms with Crippen LogP contribution in [-0.2, 0) is 23.5 Å². The lowest BCUT2D eigenvalue weighted by molar-refractivity contribution is -0.118. The summed E-state index contributed by atoms with van der Waals surface area (Å²) in [6.45, 7) is 4.59. The highest BCUT2D eigenvalue weighted by Crippen LogP contribution is 2.15. The maximum absolute atomic E-state index is 11.8. The second kappa shape index (κ2) is 8.63. The Morgan fingerprint density at radius 1 is 1.36 bits per heavy atom. The van der Waals surface area contributed by atoms with Gasteiger partial charge in [-0.3, -0.25) is 4.79 Å². The summed E-state index contributed by atoms with van der Waals surface area (Å²) in [4.78, 5) is 11.8. The van der Waals surface area contributed by atoms with Crippen molar-refractivity contribution in [3.63, 3.8) is 0 Å². The molecule has 1 amide bonds. The first-order chi connectivity index (χ1) is 10.7. The zero-order valence-electron chi connectivity index (χ0n) is 13.1.